The minimum atomic E-state index is -0.139. The Morgan fingerprint density at radius 3 is 2.71 bits per heavy atom. The third-order valence-electron chi connectivity index (χ3n) is 3.35. The van der Waals surface area contributed by atoms with Crippen molar-refractivity contribution in [1.29, 1.82) is 0 Å². The number of hydrogen-bond acceptors (Lipinski definition) is 3. The molecule has 1 aromatic heterocycles. The lowest BCUT2D eigenvalue weighted by molar-refractivity contribution is 0.0963. The average Bonchev–Trinajstić information content (AvgIpc) is 2.79. The van der Waals surface area contributed by atoms with Crippen LogP contribution in [0.15, 0.2) is 24.4 Å². The van der Waals surface area contributed by atoms with Crippen molar-refractivity contribution in [2.24, 2.45) is 7.05 Å². The van der Waals surface area contributed by atoms with Crippen LogP contribution in [0.2, 0.25) is 5.02 Å². The molecule has 1 amide bonds. The van der Waals surface area contributed by atoms with Gasteiger partial charge in [0, 0.05) is 31.4 Å². The largest absolute Gasteiger partial charge is 0.377 e. The minimum absolute atomic E-state index is 0.0381. The molecule has 0 saturated heterocycles. The van der Waals surface area contributed by atoms with Gasteiger partial charge in [-0.3, -0.25) is 9.48 Å². The fourth-order valence-electron chi connectivity index (χ4n) is 2.28. The number of aryl methyl sites for hydroxylation is 2. The molecule has 2 N–H and O–H groups in total. The Morgan fingerprint density at radius 2 is 2.14 bits per heavy atom. The number of rotatable bonds is 4. The molecule has 1 aromatic carbocycles. The molecule has 0 aliphatic heterocycles. The SMILES string of the molecule is CNC(=O)c1ccc(Cl)c(NC(C)c2cn(C)nc2C)c1. The van der Waals surface area contributed by atoms with Gasteiger partial charge in [0.25, 0.3) is 5.91 Å². The fourth-order valence-corrected chi connectivity index (χ4v) is 2.45. The van der Waals surface area contributed by atoms with Crippen molar-refractivity contribution in [3.05, 3.63) is 46.2 Å². The van der Waals surface area contributed by atoms with Crippen LogP contribution in [0.1, 0.15) is 34.6 Å². The zero-order chi connectivity index (χ0) is 15.6. The molecule has 0 spiro atoms. The van der Waals surface area contributed by atoms with Gasteiger partial charge in [-0.1, -0.05) is 11.6 Å². The van der Waals surface area contributed by atoms with Crippen LogP contribution in [0, 0.1) is 6.92 Å². The number of amides is 1. The van der Waals surface area contributed by atoms with Crippen molar-refractivity contribution in [2.45, 2.75) is 19.9 Å². The summed E-state index contributed by atoms with van der Waals surface area (Å²) < 4.78 is 1.78. The molecule has 21 heavy (non-hydrogen) atoms. The lowest BCUT2D eigenvalue weighted by atomic mass is 10.1. The highest BCUT2D eigenvalue weighted by Gasteiger charge is 2.14. The summed E-state index contributed by atoms with van der Waals surface area (Å²) in [5, 5.41) is 10.9. The molecule has 6 heteroatoms. The molecule has 112 valence electrons. The van der Waals surface area contributed by atoms with E-state index in [1.54, 1.807) is 29.9 Å². The van der Waals surface area contributed by atoms with Gasteiger partial charge < -0.3 is 10.6 Å². The Bertz CT molecular complexity index is 666. The van der Waals surface area contributed by atoms with Crippen LogP contribution in [-0.2, 0) is 7.05 Å². The van der Waals surface area contributed by atoms with E-state index in [4.69, 9.17) is 11.6 Å². The summed E-state index contributed by atoms with van der Waals surface area (Å²) in [6.07, 6.45) is 1.98. The van der Waals surface area contributed by atoms with Crippen molar-refractivity contribution >= 4 is 23.2 Å². The molecule has 5 nitrogen and oxygen atoms in total. The van der Waals surface area contributed by atoms with E-state index in [-0.39, 0.29) is 11.9 Å². The van der Waals surface area contributed by atoms with Crippen LogP contribution in [0.5, 0.6) is 0 Å². The molecule has 0 bridgehead atoms. The number of carbonyl (C=O) groups excluding carboxylic acids is 1. The first-order chi connectivity index (χ1) is 9.92. The van der Waals surface area contributed by atoms with Gasteiger partial charge in [0.15, 0.2) is 0 Å². The maximum Gasteiger partial charge on any atom is 0.251 e. The van der Waals surface area contributed by atoms with Gasteiger partial charge >= 0.3 is 0 Å². The normalized spacial score (nSPS) is 12.0. The van der Waals surface area contributed by atoms with Crippen molar-refractivity contribution in [3.63, 3.8) is 0 Å². The predicted octanol–water partition coefficient (Wildman–Crippen LogP) is 2.91. The van der Waals surface area contributed by atoms with E-state index in [1.165, 1.54) is 0 Å². The molecule has 1 unspecified atom stereocenters. The first kappa shape index (κ1) is 15.4. The summed E-state index contributed by atoms with van der Waals surface area (Å²) in [5.74, 6) is -0.139. The first-order valence-electron chi connectivity index (χ1n) is 6.70. The number of nitrogens with one attached hydrogen (secondary N) is 2. The summed E-state index contributed by atoms with van der Waals surface area (Å²) >= 11 is 6.21. The van der Waals surface area contributed by atoms with Crippen LogP contribution < -0.4 is 10.6 Å². The summed E-state index contributed by atoms with van der Waals surface area (Å²) in [5.41, 5.74) is 3.36. The number of hydrogen-bond donors (Lipinski definition) is 2. The molecule has 2 rings (SSSR count). The van der Waals surface area contributed by atoms with Gasteiger partial charge in [-0.2, -0.15) is 5.10 Å². The van der Waals surface area contributed by atoms with Gasteiger partial charge in [-0.15, -0.1) is 0 Å². The topological polar surface area (TPSA) is 59.0 Å². The van der Waals surface area contributed by atoms with Crippen LogP contribution >= 0.6 is 11.6 Å². The first-order valence-corrected chi connectivity index (χ1v) is 7.08. The van der Waals surface area contributed by atoms with Crippen molar-refractivity contribution in [1.82, 2.24) is 15.1 Å². The van der Waals surface area contributed by atoms with E-state index in [1.807, 2.05) is 27.1 Å². The molecule has 0 fully saturated rings. The number of anilines is 1. The lowest BCUT2D eigenvalue weighted by Crippen LogP contribution is -2.18. The molecular formula is C15H19ClN4O. The molecule has 0 aliphatic carbocycles. The van der Waals surface area contributed by atoms with Crippen molar-refractivity contribution in [2.75, 3.05) is 12.4 Å². The Hall–Kier alpha value is -2.01. The van der Waals surface area contributed by atoms with E-state index < -0.39 is 0 Å². The maximum absolute atomic E-state index is 11.7. The minimum Gasteiger partial charge on any atom is -0.377 e. The van der Waals surface area contributed by atoms with Crippen LogP contribution in [0.4, 0.5) is 5.69 Å². The zero-order valence-corrected chi connectivity index (χ0v) is 13.3. The zero-order valence-electron chi connectivity index (χ0n) is 12.6. The molecule has 0 saturated carbocycles. The predicted molar refractivity (Wildman–Crippen MR) is 84.8 cm³/mol. The number of carbonyl (C=O) groups is 1. The van der Waals surface area contributed by atoms with E-state index in [0.29, 0.717) is 10.6 Å². The number of halogens is 1. The Kier molecular flexibility index (Phi) is 4.53. The third-order valence-corrected chi connectivity index (χ3v) is 3.68. The third kappa shape index (κ3) is 3.36. The second-order valence-corrected chi connectivity index (χ2v) is 5.39. The van der Waals surface area contributed by atoms with Crippen LogP contribution in [0.25, 0.3) is 0 Å². The van der Waals surface area contributed by atoms with Crippen LogP contribution in [0.3, 0.4) is 0 Å². The molecule has 0 radical (unpaired) electrons. The Balaban J connectivity index is 2.26. The summed E-state index contributed by atoms with van der Waals surface area (Å²) in [6, 6.07) is 5.21. The standard InChI is InChI=1S/C15H19ClN4O/c1-9(12-8-20(4)19-10(12)2)18-14-7-11(15(21)17-3)5-6-13(14)16/h5-9,18H,1-4H3,(H,17,21). The monoisotopic (exact) mass is 306 g/mol. The van der Waals surface area contributed by atoms with Gasteiger partial charge in [0.05, 0.1) is 22.4 Å². The van der Waals surface area contributed by atoms with E-state index >= 15 is 0 Å². The highest BCUT2D eigenvalue weighted by molar-refractivity contribution is 6.33. The number of nitrogens with zero attached hydrogens (tertiary/aromatic N) is 2. The maximum atomic E-state index is 11.7. The van der Waals surface area contributed by atoms with Crippen molar-refractivity contribution in [3.8, 4) is 0 Å². The average molecular weight is 307 g/mol. The number of benzene rings is 1. The Labute approximate surface area is 129 Å². The quantitative estimate of drug-likeness (QED) is 0.913. The summed E-state index contributed by atoms with van der Waals surface area (Å²) in [4.78, 5) is 11.7. The molecular weight excluding hydrogens is 288 g/mol. The molecule has 1 atom stereocenters. The van der Waals surface area contributed by atoms with Gasteiger partial charge in [-0.05, 0) is 32.0 Å². The molecule has 1 heterocycles. The highest BCUT2D eigenvalue weighted by atomic mass is 35.5. The Morgan fingerprint density at radius 1 is 1.43 bits per heavy atom. The van der Waals surface area contributed by atoms with Crippen molar-refractivity contribution < 1.29 is 4.79 Å². The van der Waals surface area contributed by atoms with E-state index in [9.17, 15) is 4.79 Å². The second-order valence-electron chi connectivity index (χ2n) is 4.98. The number of aromatic nitrogens is 2. The molecule has 2 aromatic rings. The highest BCUT2D eigenvalue weighted by Crippen LogP contribution is 2.28. The summed E-state index contributed by atoms with van der Waals surface area (Å²) in [6.45, 7) is 4.00. The van der Waals surface area contributed by atoms with Gasteiger partial charge in [-0.25, -0.2) is 0 Å². The fraction of sp³-hybridized carbons (Fsp3) is 0.333. The van der Waals surface area contributed by atoms with Crippen LogP contribution in [-0.4, -0.2) is 22.7 Å². The summed E-state index contributed by atoms with van der Waals surface area (Å²) in [7, 11) is 3.49. The molecule has 0 aliphatic rings. The lowest BCUT2D eigenvalue weighted by Gasteiger charge is -2.16. The smallest absolute Gasteiger partial charge is 0.251 e. The van der Waals surface area contributed by atoms with E-state index in [2.05, 4.69) is 15.7 Å². The second kappa shape index (κ2) is 6.18. The van der Waals surface area contributed by atoms with E-state index in [0.717, 1.165) is 16.9 Å². The van der Waals surface area contributed by atoms with Gasteiger partial charge in [0.2, 0.25) is 0 Å². The van der Waals surface area contributed by atoms with Gasteiger partial charge in [0.1, 0.15) is 0 Å².